The van der Waals surface area contributed by atoms with Crippen molar-refractivity contribution in [2.24, 2.45) is 0 Å². The van der Waals surface area contributed by atoms with Crippen LogP contribution in [-0.4, -0.2) is 37.3 Å². The van der Waals surface area contributed by atoms with Crippen LogP contribution in [0, 0.1) is 6.92 Å². The number of ether oxygens (including phenoxy) is 2. The number of rotatable bonds is 8. The van der Waals surface area contributed by atoms with Gasteiger partial charge in [0.1, 0.15) is 11.4 Å². The smallest absolute Gasteiger partial charge is 0.268 e. The molecule has 0 bridgehead atoms. The van der Waals surface area contributed by atoms with Crippen molar-refractivity contribution in [1.82, 2.24) is 9.88 Å². The molecule has 1 amide bonds. The van der Waals surface area contributed by atoms with Gasteiger partial charge in [-0.15, -0.1) is 0 Å². The van der Waals surface area contributed by atoms with Crippen molar-refractivity contribution in [3.63, 3.8) is 0 Å². The van der Waals surface area contributed by atoms with Crippen LogP contribution in [0.5, 0.6) is 5.75 Å². The number of hydrogen-bond donors (Lipinski definition) is 1. The minimum atomic E-state index is -0.112. The van der Waals surface area contributed by atoms with Gasteiger partial charge in [0.2, 0.25) is 0 Å². The van der Waals surface area contributed by atoms with E-state index in [2.05, 4.69) is 28.9 Å². The van der Waals surface area contributed by atoms with Crippen molar-refractivity contribution in [2.75, 3.05) is 26.9 Å². The summed E-state index contributed by atoms with van der Waals surface area (Å²) in [5.41, 5.74) is 3.99. The average molecular weight is 366 g/mol. The largest absolute Gasteiger partial charge is 0.493 e. The third-order valence-electron chi connectivity index (χ3n) is 4.62. The number of aryl methyl sites for hydroxylation is 1. The summed E-state index contributed by atoms with van der Waals surface area (Å²) in [5.74, 6) is 0.684. The second-order valence-electron chi connectivity index (χ2n) is 6.41. The number of hydrogen-bond acceptors (Lipinski definition) is 3. The van der Waals surface area contributed by atoms with E-state index in [1.807, 2.05) is 43.3 Å². The molecule has 0 saturated heterocycles. The number of nitrogens with zero attached hydrogens (tertiary/aromatic N) is 1. The Balaban J connectivity index is 2.07. The molecule has 0 radical (unpaired) electrons. The van der Waals surface area contributed by atoms with E-state index in [0.717, 1.165) is 16.7 Å². The van der Waals surface area contributed by atoms with Crippen LogP contribution >= 0.6 is 0 Å². The Bertz CT molecular complexity index is 930. The maximum atomic E-state index is 12.8. The number of fused-ring (bicyclic) bond motifs is 1. The van der Waals surface area contributed by atoms with Crippen LogP contribution in [0.4, 0.5) is 0 Å². The van der Waals surface area contributed by atoms with Gasteiger partial charge < -0.3 is 19.4 Å². The van der Waals surface area contributed by atoms with E-state index in [4.69, 9.17) is 9.47 Å². The molecule has 1 aromatic heterocycles. The molecule has 0 saturated carbocycles. The van der Waals surface area contributed by atoms with Gasteiger partial charge in [-0.2, -0.15) is 0 Å². The molecule has 27 heavy (non-hydrogen) atoms. The molecule has 142 valence electrons. The van der Waals surface area contributed by atoms with Crippen LogP contribution in [0.3, 0.4) is 0 Å². The van der Waals surface area contributed by atoms with Gasteiger partial charge in [-0.05, 0) is 43.2 Å². The molecule has 0 unspecified atom stereocenters. The molecular weight excluding hydrogens is 340 g/mol. The number of methoxy groups -OCH3 is 1. The molecule has 5 nitrogen and oxygen atoms in total. The fourth-order valence-corrected chi connectivity index (χ4v) is 3.21. The van der Waals surface area contributed by atoms with Crippen molar-refractivity contribution in [2.45, 2.75) is 20.4 Å². The van der Waals surface area contributed by atoms with Crippen LogP contribution in [0.1, 0.15) is 28.5 Å². The molecule has 0 aliphatic rings. The first-order chi connectivity index (χ1) is 13.2. The summed E-state index contributed by atoms with van der Waals surface area (Å²) in [7, 11) is 1.62. The number of nitrogens with one attached hydrogen (secondary N) is 1. The lowest BCUT2D eigenvalue weighted by atomic mass is 10.1. The molecule has 0 fully saturated rings. The maximum Gasteiger partial charge on any atom is 0.268 e. The zero-order valence-electron chi connectivity index (χ0n) is 16.1. The Morgan fingerprint density at radius 1 is 1.15 bits per heavy atom. The number of benzene rings is 2. The van der Waals surface area contributed by atoms with E-state index in [9.17, 15) is 4.79 Å². The van der Waals surface area contributed by atoms with Crippen molar-refractivity contribution >= 4 is 16.8 Å². The molecule has 0 aliphatic carbocycles. The highest BCUT2D eigenvalue weighted by atomic mass is 16.5. The molecule has 0 spiro atoms. The quantitative estimate of drug-likeness (QED) is 0.618. The van der Waals surface area contributed by atoms with Gasteiger partial charge in [-0.1, -0.05) is 30.3 Å². The Kier molecular flexibility index (Phi) is 6.14. The highest BCUT2D eigenvalue weighted by Gasteiger charge is 2.18. The number of carbonyl (C=O) groups excluding carboxylic acids is 1. The highest BCUT2D eigenvalue weighted by Crippen LogP contribution is 2.30. The lowest BCUT2D eigenvalue weighted by Gasteiger charge is -2.13. The Morgan fingerprint density at radius 2 is 1.96 bits per heavy atom. The normalized spacial score (nSPS) is 10.9. The first-order valence-electron chi connectivity index (χ1n) is 9.22. The standard InChI is InChI=1S/C22H26N2O3/c1-4-27-21-11-7-10-19-18(21)14-20(22(25)23-12-13-26-3)24(19)15-17-9-6-5-8-16(17)2/h5-11,14H,4,12-13,15H2,1-3H3,(H,23,25). The molecule has 1 N–H and O–H groups in total. The molecule has 0 atom stereocenters. The second-order valence-corrected chi connectivity index (χ2v) is 6.41. The van der Waals surface area contributed by atoms with Crippen molar-refractivity contribution in [3.8, 4) is 5.75 Å². The van der Waals surface area contributed by atoms with Crippen LogP contribution in [0.2, 0.25) is 0 Å². The summed E-state index contributed by atoms with van der Waals surface area (Å²) in [4.78, 5) is 12.8. The minimum Gasteiger partial charge on any atom is -0.493 e. The fraction of sp³-hybridized carbons (Fsp3) is 0.318. The fourth-order valence-electron chi connectivity index (χ4n) is 3.21. The molecule has 3 aromatic rings. The van der Waals surface area contributed by atoms with Crippen molar-refractivity contribution < 1.29 is 14.3 Å². The first-order valence-corrected chi connectivity index (χ1v) is 9.22. The molecule has 5 heteroatoms. The van der Waals surface area contributed by atoms with Crippen molar-refractivity contribution in [3.05, 3.63) is 65.4 Å². The zero-order valence-corrected chi connectivity index (χ0v) is 16.1. The second kappa shape index (κ2) is 8.73. The average Bonchev–Trinajstić information content (AvgIpc) is 3.04. The molecule has 1 heterocycles. The third-order valence-corrected chi connectivity index (χ3v) is 4.62. The summed E-state index contributed by atoms with van der Waals surface area (Å²) in [6.07, 6.45) is 0. The predicted octanol–water partition coefficient (Wildman–Crippen LogP) is 3.77. The summed E-state index contributed by atoms with van der Waals surface area (Å²) in [5, 5.41) is 3.88. The van der Waals surface area contributed by atoms with Crippen LogP contribution in [0.15, 0.2) is 48.5 Å². The Labute approximate surface area is 159 Å². The maximum absolute atomic E-state index is 12.8. The SMILES string of the molecule is CCOc1cccc2c1cc(C(=O)NCCOC)n2Cc1ccccc1C. The predicted molar refractivity (Wildman–Crippen MR) is 108 cm³/mol. The van der Waals surface area contributed by atoms with Gasteiger partial charge in [0.15, 0.2) is 0 Å². The van der Waals surface area contributed by atoms with Crippen LogP contribution in [0.25, 0.3) is 10.9 Å². The summed E-state index contributed by atoms with van der Waals surface area (Å²) in [6, 6.07) is 16.1. The highest BCUT2D eigenvalue weighted by molar-refractivity contribution is 6.00. The van der Waals surface area contributed by atoms with Gasteiger partial charge in [0, 0.05) is 25.6 Å². The molecule has 2 aromatic carbocycles. The Morgan fingerprint density at radius 3 is 2.70 bits per heavy atom. The van der Waals surface area contributed by atoms with E-state index in [1.165, 1.54) is 11.1 Å². The summed E-state index contributed by atoms with van der Waals surface area (Å²) < 4.78 is 12.9. The lowest BCUT2D eigenvalue weighted by Crippen LogP contribution is -2.29. The van der Waals surface area contributed by atoms with Crippen LogP contribution < -0.4 is 10.1 Å². The van der Waals surface area contributed by atoms with E-state index in [-0.39, 0.29) is 5.91 Å². The van der Waals surface area contributed by atoms with Gasteiger partial charge in [0.25, 0.3) is 5.91 Å². The molecular formula is C22H26N2O3. The molecule has 3 rings (SSSR count). The van der Waals surface area contributed by atoms with E-state index >= 15 is 0 Å². The summed E-state index contributed by atoms with van der Waals surface area (Å²) in [6.45, 7) is 6.20. The lowest BCUT2D eigenvalue weighted by molar-refractivity contribution is 0.0928. The van der Waals surface area contributed by atoms with E-state index in [0.29, 0.717) is 32.0 Å². The van der Waals surface area contributed by atoms with E-state index < -0.39 is 0 Å². The monoisotopic (exact) mass is 366 g/mol. The Hall–Kier alpha value is -2.79. The van der Waals surface area contributed by atoms with Gasteiger partial charge in [0.05, 0.1) is 18.7 Å². The van der Waals surface area contributed by atoms with E-state index in [1.54, 1.807) is 7.11 Å². The number of carbonyl (C=O) groups is 1. The van der Waals surface area contributed by atoms with Gasteiger partial charge in [-0.3, -0.25) is 4.79 Å². The summed E-state index contributed by atoms with van der Waals surface area (Å²) >= 11 is 0. The van der Waals surface area contributed by atoms with Gasteiger partial charge >= 0.3 is 0 Å². The van der Waals surface area contributed by atoms with Crippen LogP contribution in [-0.2, 0) is 11.3 Å². The number of aromatic nitrogens is 1. The van der Waals surface area contributed by atoms with Gasteiger partial charge in [-0.25, -0.2) is 0 Å². The molecule has 0 aliphatic heterocycles. The van der Waals surface area contributed by atoms with Crippen molar-refractivity contribution in [1.29, 1.82) is 0 Å². The minimum absolute atomic E-state index is 0.112. The number of amides is 1. The first kappa shape index (κ1) is 19.0. The topological polar surface area (TPSA) is 52.5 Å². The zero-order chi connectivity index (χ0) is 19.2. The third kappa shape index (κ3) is 4.14.